The van der Waals surface area contributed by atoms with E-state index in [0.717, 1.165) is 28.3 Å². The molecule has 218 valence electrons. The molecule has 0 saturated heterocycles. The zero-order valence-electron chi connectivity index (χ0n) is 21.7. The molecular weight excluding hydrogens is 574 g/mol. The Hall–Kier alpha value is -4.38. The van der Waals surface area contributed by atoms with Gasteiger partial charge in [0.15, 0.2) is 23.1 Å². The summed E-state index contributed by atoms with van der Waals surface area (Å²) in [4.78, 5) is 12.2. The minimum Gasteiger partial charge on any atom is -0.432 e. The summed E-state index contributed by atoms with van der Waals surface area (Å²) in [5.74, 6) is -1.88. The van der Waals surface area contributed by atoms with Crippen LogP contribution in [0.5, 0.6) is 11.5 Å². The molecular formula is C24H23F4N7O5S. The van der Waals surface area contributed by atoms with Crippen molar-refractivity contribution in [3.63, 3.8) is 0 Å². The van der Waals surface area contributed by atoms with Crippen LogP contribution in [0.1, 0.15) is 24.4 Å². The fourth-order valence-electron chi connectivity index (χ4n) is 3.79. The lowest BCUT2D eigenvalue weighted by molar-refractivity contribution is -0.0542. The molecule has 4 rings (SSSR count). The SMILES string of the molecule is COC(c1ncc(C)cn1)C(C)S(=O)(=O)Nc1nnc(-c2cccnc2)n1-c1c(OC(F)F)cccc1OC(F)F. The summed E-state index contributed by atoms with van der Waals surface area (Å²) >= 11 is 0. The highest BCUT2D eigenvalue weighted by Gasteiger charge is 2.35. The lowest BCUT2D eigenvalue weighted by Crippen LogP contribution is -2.33. The summed E-state index contributed by atoms with van der Waals surface area (Å²) in [6.07, 6.45) is 4.59. The molecule has 17 heteroatoms. The monoisotopic (exact) mass is 597 g/mol. The average Bonchev–Trinajstić information content (AvgIpc) is 3.32. The van der Waals surface area contributed by atoms with E-state index in [1.54, 1.807) is 6.92 Å². The predicted octanol–water partition coefficient (Wildman–Crippen LogP) is 4.15. The summed E-state index contributed by atoms with van der Waals surface area (Å²) in [7, 11) is -3.15. The number of aryl methyl sites for hydroxylation is 1. The van der Waals surface area contributed by atoms with Crippen molar-refractivity contribution in [3.05, 3.63) is 66.5 Å². The second-order valence-electron chi connectivity index (χ2n) is 8.41. The number of sulfonamides is 1. The molecule has 3 aromatic heterocycles. The van der Waals surface area contributed by atoms with Crippen LogP contribution in [0.3, 0.4) is 0 Å². The van der Waals surface area contributed by atoms with Gasteiger partial charge in [-0.05, 0) is 43.7 Å². The highest BCUT2D eigenvalue weighted by molar-refractivity contribution is 7.93. The zero-order chi connectivity index (χ0) is 29.7. The van der Waals surface area contributed by atoms with Gasteiger partial charge in [0.05, 0.1) is 0 Å². The summed E-state index contributed by atoms with van der Waals surface area (Å²) in [5.41, 5.74) is 0.448. The van der Waals surface area contributed by atoms with Crippen LogP contribution in [-0.4, -0.2) is 63.7 Å². The molecule has 0 aliphatic carbocycles. The van der Waals surface area contributed by atoms with Crippen LogP contribution in [0.15, 0.2) is 55.1 Å². The minimum atomic E-state index is -4.43. The molecule has 1 aromatic carbocycles. The van der Waals surface area contributed by atoms with E-state index in [1.807, 2.05) is 0 Å². The van der Waals surface area contributed by atoms with Crippen LogP contribution < -0.4 is 14.2 Å². The molecule has 0 fully saturated rings. The number of ether oxygens (including phenoxy) is 3. The Bertz CT molecular complexity index is 1550. The van der Waals surface area contributed by atoms with Crippen LogP contribution >= 0.6 is 0 Å². The second kappa shape index (κ2) is 12.4. The maximum Gasteiger partial charge on any atom is 0.387 e. The van der Waals surface area contributed by atoms with Gasteiger partial charge in [0.25, 0.3) is 0 Å². The molecule has 0 saturated carbocycles. The molecule has 0 aliphatic heterocycles. The number of para-hydroxylation sites is 1. The Morgan fingerprint density at radius 3 is 2.10 bits per heavy atom. The molecule has 12 nitrogen and oxygen atoms in total. The van der Waals surface area contributed by atoms with E-state index in [0.29, 0.717) is 0 Å². The van der Waals surface area contributed by atoms with Gasteiger partial charge in [0, 0.05) is 37.5 Å². The van der Waals surface area contributed by atoms with Gasteiger partial charge in [-0.25, -0.2) is 18.4 Å². The standard InChI is InChI=1S/C24H23F4N7O5S/c1-13-10-30-20(31-11-13)19(38-3)14(2)41(36,37)34-24-33-32-21(15-6-5-9-29-12-15)35(24)18-16(39-22(25)26)7-4-8-17(18)40-23(27)28/h4-12,14,19,22-23H,1-3H3,(H,33,34). The summed E-state index contributed by atoms with van der Waals surface area (Å²) in [6, 6.07) is 6.29. The van der Waals surface area contributed by atoms with Gasteiger partial charge in [0.2, 0.25) is 16.0 Å². The molecule has 41 heavy (non-hydrogen) atoms. The molecule has 2 atom stereocenters. The number of aromatic nitrogens is 6. The van der Waals surface area contributed by atoms with E-state index in [4.69, 9.17) is 4.74 Å². The van der Waals surface area contributed by atoms with Crippen LogP contribution in [0.4, 0.5) is 23.5 Å². The number of benzene rings is 1. The first-order chi connectivity index (χ1) is 19.5. The molecule has 0 aliphatic rings. The van der Waals surface area contributed by atoms with Crippen LogP contribution in [0.2, 0.25) is 0 Å². The number of hydrogen-bond donors (Lipinski definition) is 1. The lowest BCUT2D eigenvalue weighted by Gasteiger charge is -2.23. The van der Waals surface area contributed by atoms with E-state index in [9.17, 15) is 26.0 Å². The smallest absolute Gasteiger partial charge is 0.387 e. The van der Waals surface area contributed by atoms with Crippen molar-refractivity contribution in [2.24, 2.45) is 0 Å². The lowest BCUT2D eigenvalue weighted by atomic mass is 10.2. The maximum atomic E-state index is 13.6. The normalized spacial score (nSPS) is 13.3. The van der Waals surface area contributed by atoms with Crippen LogP contribution in [-0.2, 0) is 14.8 Å². The van der Waals surface area contributed by atoms with Gasteiger partial charge in [0.1, 0.15) is 17.0 Å². The Balaban J connectivity index is 1.87. The molecule has 2 unspecified atom stereocenters. The number of alkyl halides is 4. The van der Waals surface area contributed by atoms with Crippen molar-refractivity contribution in [1.29, 1.82) is 0 Å². The first kappa shape index (κ1) is 29.6. The van der Waals surface area contributed by atoms with Crippen LogP contribution in [0.25, 0.3) is 17.1 Å². The number of pyridine rings is 1. The van der Waals surface area contributed by atoms with Gasteiger partial charge in [-0.15, -0.1) is 10.2 Å². The highest BCUT2D eigenvalue weighted by Crippen LogP contribution is 2.39. The number of nitrogens with one attached hydrogen (secondary N) is 1. The van der Waals surface area contributed by atoms with Crippen molar-refractivity contribution in [1.82, 2.24) is 29.7 Å². The highest BCUT2D eigenvalue weighted by atomic mass is 32.2. The van der Waals surface area contributed by atoms with Gasteiger partial charge in [-0.2, -0.15) is 17.6 Å². The van der Waals surface area contributed by atoms with Gasteiger partial charge in [-0.3, -0.25) is 14.3 Å². The molecule has 0 spiro atoms. The van der Waals surface area contributed by atoms with Crippen molar-refractivity contribution in [2.45, 2.75) is 38.4 Å². The van der Waals surface area contributed by atoms with E-state index in [2.05, 4.69) is 39.3 Å². The van der Waals surface area contributed by atoms with Crippen molar-refractivity contribution in [2.75, 3.05) is 11.8 Å². The third-order valence-corrected chi connectivity index (χ3v) is 7.35. The first-order valence-corrected chi connectivity index (χ1v) is 13.3. The van der Waals surface area contributed by atoms with Crippen molar-refractivity contribution >= 4 is 16.0 Å². The Morgan fingerprint density at radius 1 is 0.927 bits per heavy atom. The fraction of sp³-hybridized carbons (Fsp3) is 0.292. The second-order valence-corrected chi connectivity index (χ2v) is 10.4. The Morgan fingerprint density at radius 2 is 1.56 bits per heavy atom. The van der Waals surface area contributed by atoms with E-state index in [-0.39, 0.29) is 17.2 Å². The minimum absolute atomic E-state index is 0.0804. The van der Waals surface area contributed by atoms with Crippen molar-refractivity contribution < 1.29 is 40.2 Å². The topological polar surface area (TPSA) is 143 Å². The predicted molar refractivity (Wildman–Crippen MR) is 136 cm³/mol. The largest absolute Gasteiger partial charge is 0.432 e. The average molecular weight is 598 g/mol. The molecule has 1 N–H and O–H groups in total. The van der Waals surface area contributed by atoms with E-state index in [1.165, 1.54) is 51.0 Å². The van der Waals surface area contributed by atoms with Crippen molar-refractivity contribution in [3.8, 4) is 28.6 Å². The van der Waals surface area contributed by atoms with Gasteiger partial charge >= 0.3 is 13.2 Å². The third-order valence-electron chi connectivity index (χ3n) is 5.66. The fourth-order valence-corrected chi connectivity index (χ4v) is 4.92. The number of hydrogen-bond acceptors (Lipinski definition) is 10. The van der Waals surface area contributed by atoms with E-state index < -0.39 is 57.7 Å². The number of rotatable bonds is 12. The summed E-state index contributed by atoms with van der Waals surface area (Å²) in [5, 5.41) is 6.53. The zero-order valence-corrected chi connectivity index (χ0v) is 22.5. The molecule has 0 amide bonds. The Labute approximate surface area is 231 Å². The summed E-state index contributed by atoms with van der Waals surface area (Å²) in [6.45, 7) is -3.67. The Kier molecular flexibility index (Phi) is 8.97. The molecule has 0 radical (unpaired) electrons. The molecule has 0 bridgehead atoms. The molecule has 4 aromatic rings. The summed E-state index contributed by atoms with van der Waals surface area (Å²) < 4.78 is 98.2. The number of anilines is 1. The maximum absolute atomic E-state index is 13.6. The number of halogens is 4. The number of nitrogens with zero attached hydrogens (tertiary/aromatic N) is 6. The van der Waals surface area contributed by atoms with Gasteiger partial charge < -0.3 is 14.2 Å². The molecule has 3 heterocycles. The number of methoxy groups -OCH3 is 1. The first-order valence-electron chi connectivity index (χ1n) is 11.7. The van der Waals surface area contributed by atoms with E-state index >= 15 is 0 Å². The third kappa shape index (κ3) is 6.68. The van der Waals surface area contributed by atoms with Crippen LogP contribution in [0, 0.1) is 6.92 Å². The quantitative estimate of drug-likeness (QED) is 0.237. The van der Waals surface area contributed by atoms with Gasteiger partial charge in [-0.1, -0.05) is 6.07 Å².